The van der Waals surface area contributed by atoms with E-state index in [9.17, 15) is 0 Å². The van der Waals surface area contributed by atoms with Gasteiger partial charge in [-0.2, -0.15) is 5.10 Å². The van der Waals surface area contributed by atoms with E-state index in [0.717, 1.165) is 19.3 Å². The van der Waals surface area contributed by atoms with E-state index >= 15 is 0 Å². The van der Waals surface area contributed by atoms with Gasteiger partial charge < -0.3 is 4.74 Å². The van der Waals surface area contributed by atoms with E-state index in [1.807, 2.05) is 18.1 Å². The van der Waals surface area contributed by atoms with E-state index in [1.165, 1.54) is 68.8 Å². The summed E-state index contributed by atoms with van der Waals surface area (Å²) in [7, 11) is 0. The van der Waals surface area contributed by atoms with Crippen LogP contribution in [0.2, 0.25) is 0 Å². The van der Waals surface area contributed by atoms with Crippen LogP contribution in [0.1, 0.15) is 32.1 Å². The number of ether oxygens (including phenoxy) is 1. The Bertz CT molecular complexity index is 832. The fourth-order valence-corrected chi connectivity index (χ4v) is 6.77. The summed E-state index contributed by atoms with van der Waals surface area (Å²) >= 11 is 1.88. The van der Waals surface area contributed by atoms with Gasteiger partial charge in [0.25, 0.3) is 0 Å². The summed E-state index contributed by atoms with van der Waals surface area (Å²) in [6.07, 6.45) is 8.87. The van der Waals surface area contributed by atoms with Gasteiger partial charge in [0, 0.05) is 37.6 Å². The molecule has 1 saturated carbocycles. The maximum absolute atomic E-state index is 5.44. The van der Waals surface area contributed by atoms with Gasteiger partial charge in [0.15, 0.2) is 0 Å². The molecule has 6 heteroatoms. The van der Waals surface area contributed by atoms with Crippen LogP contribution in [0.25, 0.3) is 5.52 Å². The number of hydrogen-bond donors (Lipinski definition) is 0. The highest BCUT2D eigenvalue weighted by Crippen LogP contribution is 2.51. The van der Waals surface area contributed by atoms with Crippen molar-refractivity contribution in [1.82, 2.24) is 18.8 Å². The molecule has 5 nitrogen and oxygen atoms in total. The molecule has 0 amide bonds. The molecule has 6 rings (SSSR count). The standard InChI is InChI=1S/C21H28N4OS/c1-2-17-5-9-22-25(17)19(3-1)27-24-10-7-20(8-11-24)6-4-18(12-20)23-13-21(14-23)15-26-16-21/h1-3,5,9,18H,4,6-8,10-16H2. The number of pyridine rings is 1. The van der Waals surface area contributed by atoms with E-state index in [1.54, 1.807) is 0 Å². The number of hydrogen-bond acceptors (Lipinski definition) is 5. The minimum Gasteiger partial charge on any atom is -0.380 e. The van der Waals surface area contributed by atoms with E-state index in [-0.39, 0.29) is 0 Å². The van der Waals surface area contributed by atoms with Crippen LogP contribution in [0.3, 0.4) is 0 Å². The Hall–Kier alpha value is -1.08. The van der Waals surface area contributed by atoms with Crippen molar-refractivity contribution < 1.29 is 4.74 Å². The molecule has 2 spiro atoms. The van der Waals surface area contributed by atoms with Crippen LogP contribution in [-0.4, -0.2) is 64.3 Å². The average molecular weight is 385 g/mol. The van der Waals surface area contributed by atoms with Gasteiger partial charge in [-0.05, 0) is 67.7 Å². The third-order valence-electron chi connectivity index (χ3n) is 7.48. The number of piperidine rings is 1. The average Bonchev–Trinajstić information content (AvgIpc) is 3.23. The molecule has 0 N–H and O–H groups in total. The molecular formula is C21H28N4OS. The van der Waals surface area contributed by atoms with Crippen molar-refractivity contribution >= 4 is 17.5 Å². The lowest BCUT2D eigenvalue weighted by atomic mass is 9.75. The quantitative estimate of drug-likeness (QED) is 0.759. The van der Waals surface area contributed by atoms with E-state index in [2.05, 4.69) is 43.1 Å². The van der Waals surface area contributed by atoms with E-state index < -0.39 is 0 Å². The molecule has 0 aromatic carbocycles. The third-order valence-corrected chi connectivity index (χ3v) is 8.60. The van der Waals surface area contributed by atoms with Crippen molar-refractivity contribution in [2.75, 3.05) is 39.4 Å². The van der Waals surface area contributed by atoms with Crippen molar-refractivity contribution in [3.05, 3.63) is 30.5 Å². The van der Waals surface area contributed by atoms with Crippen LogP contribution < -0.4 is 0 Å². The second-order valence-corrected chi connectivity index (χ2v) is 10.5. The van der Waals surface area contributed by atoms with Gasteiger partial charge in [-0.1, -0.05) is 6.07 Å². The van der Waals surface area contributed by atoms with Crippen molar-refractivity contribution in [3.8, 4) is 0 Å². The van der Waals surface area contributed by atoms with Crippen LogP contribution in [0.4, 0.5) is 0 Å². The van der Waals surface area contributed by atoms with E-state index in [0.29, 0.717) is 10.8 Å². The number of rotatable bonds is 3. The van der Waals surface area contributed by atoms with Gasteiger partial charge in [-0.15, -0.1) is 0 Å². The lowest BCUT2D eigenvalue weighted by Gasteiger charge is -2.57. The molecule has 5 heterocycles. The first kappa shape index (κ1) is 16.8. The predicted molar refractivity (Wildman–Crippen MR) is 107 cm³/mol. The maximum Gasteiger partial charge on any atom is 0.113 e. The lowest BCUT2D eigenvalue weighted by Crippen LogP contribution is -2.67. The maximum atomic E-state index is 5.44. The van der Waals surface area contributed by atoms with Gasteiger partial charge in [-0.3, -0.25) is 4.90 Å². The molecule has 3 aliphatic heterocycles. The smallest absolute Gasteiger partial charge is 0.113 e. The second kappa shape index (κ2) is 6.21. The zero-order chi connectivity index (χ0) is 17.9. The number of nitrogens with zero attached hydrogens (tertiary/aromatic N) is 4. The molecule has 4 fully saturated rings. The first-order valence-corrected chi connectivity index (χ1v) is 11.2. The van der Waals surface area contributed by atoms with Crippen LogP contribution in [0, 0.1) is 10.8 Å². The lowest BCUT2D eigenvalue weighted by molar-refractivity contribution is -0.198. The van der Waals surface area contributed by atoms with E-state index in [4.69, 9.17) is 4.74 Å². The van der Waals surface area contributed by atoms with Crippen LogP contribution in [-0.2, 0) is 4.74 Å². The summed E-state index contributed by atoms with van der Waals surface area (Å²) in [5.74, 6) is 0. The summed E-state index contributed by atoms with van der Waals surface area (Å²) in [5.41, 5.74) is 2.35. The first-order valence-electron chi connectivity index (χ1n) is 10.4. The summed E-state index contributed by atoms with van der Waals surface area (Å²) in [6.45, 7) is 7.01. The zero-order valence-corrected chi connectivity index (χ0v) is 16.7. The number of fused-ring (bicyclic) bond motifs is 1. The van der Waals surface area contributed by atoms with Crippen LogP contribution >= 0.6 is 11.9 Å². The summed E-state index contributed by atoms with van der Waals surface area (Å²) < 4.78 is 10.1. The summed E-state index contributed by atoms with van der Waals surface area (Å²) in [4.78, 5) is 2.76. The third kappa shape index (κ3) is 2.84. The van der Waals surface area contributed by atoms with Gasteiger partial charge in [-0.25, -0.2) is 8.82 Å². The Morgan fingerprint density at radius 2 is 1.89 bits per heavy atom. The molecule has 0 radical (unpaired) electrons. The molecule has 1 unspecified atom stereocenters. The molecule has 27 heavy (non-hydrogen) atoms. The van der Waals surface area contributed by atoms with Crippen molar-refractivity contribution in [2.45, 2.75) is 43.2 Å². The normalized spacial score (nSPS) is 30.0. The predicted octanol–water partition coefficient (Wildman–Crippen LogP) is 3.31. The number of aromatic nitrogens is 2. The van der Waals surface area contributed by atoms with Crippen LogP contribution in [0.5, 0.6) is 0 Å². The van der Waals surface area contributed by atoms with Crippen molar-refractivity contribution in [2.24, 2.45) is 10.8 Å². The Balaban J connectivity index is 1.06. The Morgan fingerprint density at radius 3 is 2.67 bits per heavy atom. The van der Waals surface area contributed by atoms with Gasteiger partial charge >= 0.3 is 0 Å². The highest BCUT2D eigenvalue weighted by Gasteiger charge is 2.53. The zero-order valence-electron chi connectivity index (χ0n) is 15.8. The minimum absolute atomic E-state index is 0.559. The van der Waals surface area contributed by atoms with Gasteiger partial charge in [0.2, 0.25) is 0 Å². The molecule has 4 aliphatic rings. The highest BCUT2D eigenvalue weighted by atomic mass is 32.2. The molecule has 0 bridgehead atoms. The molecule has 1 atom stereocenters. The molecule has 1 aliphatic carbocycles. The monoisotopic (exact) mass is 384 g/mol. The van der Waals surface area contributed by atoms with Crippen molar-refractivity contribution in [1.29, 1.82) is 0 Å². The first-order chi connectivity index (χ1) is 13.2. The fraction of sp³-hybridized carbons (Fsp3) is 0.667. The van der Waals surface area contributed by atoms with Crippen molar-refractivity contribution in [3.63, 3.8) is 0 Å². The Labute approximate surface area is 165 Å². The van der Waals surface area contributed by atoms with Crippen LogP contribution in [0.15, 0.2) is 35.5 Å². The summed E-state index contributed by atoms with van der Waals surface area (Å²) in [5, 5.41) is 5.71. The largest absolute Gasteiger partial charge is 0.380 e. The fourth-order valence-electron chi connectivity index (χ4n) is 5.77. The molecule has 2 aromatic rings. The summed E-state index contributed by atoms with van der Waals surface area (Å²) in [6, 6.07) is 9.36. The minimum atomic E-state index is 0.559. The Kier molecular flexibility index (Phi) is 3.87. The van der Waals surface area contributed by atoms with Gasteiger partial charge in [0.1, 0.15) is 5.03 Å². The van der Waals surface area contributed by atoms with Gasteiger partial charge in [0.05, 0.1) is 24.9 Å². The SMILES string of the molecule is c1cc(SN2CCC3(CCC(N4CC5(COC5)C4)C3)CC2)n2nccc2c1. The molecular weight excluding hydrogens is 356 g/mol. The topological polar surface area (TPSA) is 33.0 Å². The molecule has 3 saturated heterocycles. The second-order valence-electron chi connectivity index (χ2n) is 9.35. The molecule has 2 aromatic heterocycles. The highest BCUT2D eigenvalue weighted by molar-refractivity contribution is 7.97. The molecule has 144 valence electrons. The number of likely N-dealkylation sites (tertiary alicyclic amines) is 1. The Morgan fingerprint density at radius 1 is 1.04 bits per heavy atom.